The molecule has 6 heteroatoms. The van der Waals surface area contributed by atoms with Gasteiger partial charge in [-0.25, -0.2) is 0 Å². The van der Waals surface area contributed by atoms with Gasteiger partial charge in [-0.1, -0.05) is 60.7 Å². The van der Waals surface area contributed by atoms with Gasteiger partial charge < -0.3 is 9.84 Å². The molecule has 0 radical (unpaired) electrons. The SMILES string of the molecule is O=C(COc1ccccc1-c1ccccc1)NNC(=O)c1ccccc1O. The van der Waals surface area contributed by atoms with E-state index in [9.17, 15) is 14.7 Å². The topological polar surface area (TPSA) is 87.7 Å². The third kappa shape index (κ3) is 4.64. The van der Waals surface area contributed by atoms with Crippen LogP contribution in [0.15, 0.2) is 78.9 Å². The van der Waals surface area contributed by atoms with Crippen LogP contribution in [0.1, 0.15) is 10.4 Å². The van der Waals surface area contributed by atoms with Gasteiger partial charge in [-0.3, -0.25) is 20.4 Å². The molecule has 0 bridgehead atoms. The fourth-order valence-electron chi connectivity index (χ4n) is 2.49. The summed E-state index contributed by atoms with van der Waals surface area (Å²) in [6.45, 7) is -0.273. The lowest BCUT2D eigenvalue weighted by atomic mass is 10.1. The van der Waals surface area contributed by atoms with E-state index in [1.165, 1.54) is 12.1 Å². The summed E-state index contributed by atoms with van der Waals surface area (Å²) in [4.78, 5) is 23.9. The van der Waals surface area contributed by atoms with Gasteiger partial charge in [0.2, 0.25) is 0 Å². The van der Waals surface area contributed by atoms with Crippen LogP contribution in [-0.2, 0) is 4.79 Å². The molecular formula is C21H18N2O4. The van der Waals surface area contributed by atoms with Crippen LogP contribution >= 0.6 is 0 Å². The van der Waals surface area contributed by atoms with Crippen molar-refractivity contribution in [3.05, 3.63) is 84.4 Å². The maximum absolute atomic E-state index is 12.0. The van der Waals surface area contributed by atoms with E-state index < -0.39 is 11.8 Å². The number of rotatable bonds is 5. The minimum Gasteiger partial charge on any atom is -0.507 e. The van der Waals surface area contributed by atoms with Gasteiger partial charge in [0.25, 0.3) is 11.8 Å². The van der Waals surface area contributed by atoms with E-state index in [1.54, 1.807) is 18.2 Å². The lowest BCUT2D eigenvalue weighted by Crippen LogP contribution is -2.43. The molecule has 3 N–H and O–H groups in total. The van der Waals surface area contributed by atoms with Crippen LogP contribution in [0.2, 0.25) is 0 Å². The smallest absolute Gasteiger partial charge is 0.276 e. The highest BCUT2D eigenvalue weighted by molar-refractivity contribution is 5.97. The Balaban J connectivity index is 1.57. The second-order valence-electron chi connectivity index (χ2n) is 5.67. The second-order valence-corrected chi connectivity index (χ2v) is 5.67. The highest BCUT2D eigenvalue weighted by atomic mass is 16.5. The van der Waals surface area contributed by atoms with Crippen molar-refractivity contribution < 1.29 is 19.4 Å². The summed E-state index contributed by atoms with van der Waals surface area (Å²) >= 11 is 0. The highest BCUT2D eigenvalue weighted by Gasteiger charge is 2.12. The summed E-state index contributed by atoms with van der Waals surface area (Å²) < 4.78 is 5.60. The maximum atomic E-state index is 12.0. The van der Waals surface area contributed by atoms with Crippen LogP contribution in [0.5, 0.6) is 11.5 Å². The summed E-state index contributed by atoms with van der Waals surface area (Å²) in [7, 11) is 0. The number of amides is 2. The number of para-hydroxylation sites is 2. The zero-order chi connectivity index (χ0) is 19.1. The second kappa shape index (κ2) is 8.53. The molecule has 27 heavy (non-hydrogen) atoms. The van der Waals surface area contributed by atoms with Crippen molar-refractivity contribution in [3.8, 4) is 22.6 Å². The lowest BCUT2D eigenvalue weighted by Gasteiger charge is -2.12. The summed E-state index contributed by atoms with van der Waals surface area (Å²) in [5.74, 6) is -0.754. The first-order valence-corrected chi connectivity index (χ1v) is 8.29. The van der Waals surface area contributed by atoms with Crippen LogP contribution in [-0.4, -0.2) is 23.5 Å². The number of carbonyl (C=O) groups excluding carboxylic acids is 2. The Hall–Kier alpha value is -3.80. The molecule has 0 saturated heterocycles. The van der Waals surface area contributed by atoms with Gasteiger partial charge in [0, 0.05) is 5.56 Å². The number of benzene rings is 3. The zero-order valence-corrected chi connectivity index (χ0v) is 14.4. The van der Waals surface area contributed by atoms with Crippen LogP contribution in [0.3, 0.4) is 0 Å². The van der Waals surface area contributed by atoms with Gasteiger partial charge in [-0.15, -0.1) is 0 Å². The molecule has 0 aliphatic rings. The van der Waals surface area contributed by atoms with Crippen molar-refractivity contribution in [2.24, 2.45) is 0 Å². The van der Waals surface area contributed by atoms with E-state index in [1.807, 2.05) is 48.5 Å². The number of hydrogen-bond acceptors (Lipinski definition) is 4. The Labute approximate surface area is 156 Å². The third-order valence-electron chi connectivity index (χ3n) is 3.79. The average molecular weight is 362 g/mol. The van der Waals surface area contributed by atoms with Crippen molar-refractivity contribution in [1.29, 1.82) is 0 Å². The molecule has 0 aliphatic carbocycles. The predicted molar refractivity (Wildman–Crippen MR) is 101 cm³/mol. The normalized spacial score (nSPS) is 10.1. The lowest BCUT2D eigenvalue weighted by molar-refractivity contribution is -0.123. The fraction of sp³-hybridized carbons (Fsp3) is 0.0476. The number of carbonyl (C=O) groups is 2. The summed E-state index contributed by atoms with van der Waals surface area (Å²) in [6, 6.07) is 23.1. The van der Waals surface area contributed by atoms with Crippen molar-refractivity contribution in [2.45, 2.75) is 0 Å². The molecule has 3 aromatic rings. The van der Waals surface area contributed by atoms with Crippen molar-refractivity contribution in [1.82, 2.24) is 10.9 Å². The minimum absolute atomic E-state index is 0.0631. The first-order chi connectivity index (χ1) is 13.1. The molecule has 0 aliphatic heterocycles. The molecule has 3 rings (SSSR count). The number of hydrogen-bond donors (Lipinski definition) is 3. The summed E-state index contributed by atoms with van der Waals surface area (Å²) in [5.41, 5.74) is 6.41. The molecule has 2 amide bonds. The Morgan fingerprint density at radius 2 is 1.48 bits per heavy atom. The minimum atomic E-state index is -0.619. The standard InChI is InChI=1S/C21H18N2O4/c24-18-12-6-4-11-17(18)21(26)23-22-20(25)14-27-19-13-7-5-10-16(19)15-8-2-1-3-9-15/h1-13,24H,14H2,(H,22,25)(H,23,26). The molecule has 0 atom stereocenters. The molecule has 0 unspecified atom stereocenters. The van der Waals surface area contributed by atoms with Crippen LogP contribution < -0.4 is 15.6 Å². The molecule has 0 saturated carbocycles. The van der Waals surface area contributed by atoms with E-state index in [-0.39, 0.29) is 17.9 Å². The quantitative estimate of drug-likeness (QED) is 0.609. The van der Waals surface area contributed by atoms with Gasteiger partial charge in [0.1, 0.15) is 11.5 Å². The molecule has 0 aromatic heterocycles. The van der Waals surface area contributed by atoms with Gasteiger partial charge in [-0.2, -0.15) is 0 Å². The average Bonchev–Trinajstić information content (AvgIpc) is 2.71. The van der Waals surface area contributed by atoms with E-state index in [4.69, 9.17) is 4.74 Å². The van der Waals surface area contributed by atoms with Crippen molar-refractivity contribution in [3.63, 3.8) is 0 Å². The van der Waals surface area contributed by atoms with E-state index >= 15 is 0 Å². The Kier molecular flexibility index (Phi) is 5.69. The Morgan fingerprint density at radius 3 is 2.26 bits per heavy atom. The number of nitrogens with one attached hydrogen (secondary N) is 2. The van der Waals surface area contributed by atoms with Crippen molar-refractivity contribution in [2.75, 3.05) is 6.61 Å². The number of phenols is 1. The maximum Gasteiger partial charge on any atom is 0.276 e. The molecule has 3 aromatic carbocycles. The monoisotopic (exact) mass is 362 g/mol. The van der Waals surface area contributed by atoms with Crippen LogP contribution in [0, 0.1) is 0 Å². The largest absolute Gasteiger partial charge is 0.507 e. The first kappa shape index (κ1) is 18.0. The first-order valence-electron chi connectivity index (χ1n) is 8.29. The zero-order valence-electron chi connectivity index (χ0n) is 14.4. The van der Waals surface area contributed by atoms with Gasteiger partial charge >= 0.3 is 0 Å². The molecule has 136 valence electrons. The number of aromatic hydroxyl groups is 1. The van der Waals surface area contributed by atoms with Gasteiger partial charge in [0.15, 0.2) is 6.61 Å². The van der Waals surface area contributed by atoms with E-state index in [2.05, 4.69) is 10.9 Å². The van der Waals surface area contributed by atoms with Gasteiger partial charge in [0.05, 0.1) is 5.56 Å². The van der Waals surface area contributed by atoms with Crippen LogP contribution in [0.25, 0.3) is 11.1 Å². The molecule has 0 spiro atoms. The number of ether oxygens (including phenoxy) is 1. The third-order valence-corrected chi connectivity index (χ3v) is 3.79. The van der Waals surface area contributed by atoms with E-state index in [0.29, 0.717) is 5.75 Å². The molecule has 0 fully saturated rings. The number of phenolic OH excluding ortho intramolecular Hbond substituents is 1. The van der Waals surface area contributed by atoms with Crippen molar-refractivity contribution >= 4 is 11.8 Å². The summed E-state index contributed by atoms with van der Waals surface area (Å²) in [6.07, 6.45) is 0. The van der Waals surface area contributed by atoms with E-state index in [0.717, 1.165) is 11.1 Å². The Bertz CT molecular complexity index is 942. The highest BCUT2D eigenvalue weighted by Crippen LogP contribution is 2.29. The fourth-order valence-corrected chi connectivity index (χ4v) is 2.49. The van der Waals surface area contributed by atoms with Crippen LogP contribution in [0.4, 0.5) is 0 Å². The Morgan fingerprint density at radius 1 is 0.815 bits per heavy atom. The molecule has 0 heterocycles. The molecular weight excluding hydrogens is 344 g/mol. The molecule has 6 nitrogen and oxygen atoms in total. The predicted octanol–water partition coefficient (Wildman–Crippen LogP) is 2.90. The number of hydrazine groups is 1. The summed E-state index contributed by atoms with van der Waals surface area (Å²) in [5, 5.41) is 9.64. The van der Waals surface area contributed by atoms with Gasteiger partial charge in [-0.05, 0) is 23.8 Å².